The number of halogens is 1. The van der Waals surface area contributed by atoms with E-state index in [0.717, 1.165) is 5.33 Å². The van der Waals surface area contributed by atoms with Crippen molar-refractivity contribution in [3.63, 3.8) is 0 Å². The van der Waals surface area contributed by atoms with Gasteiger partial charge in [-0.1, -0.05) is 15.9 Å². The molecule has 0 fully saturated rings. The first-order valence-corrected chi connectivity index (χ1v) is 5.84. The summed E-state index contributed by atoms with van der Waals surface area (Å²) in [5.41, 5.74) is 0.396. The molecule has 0 atom stereocenters. The molecule has 1 aromatic heterocycles. The molecule has 0 saturated heterocycles. The largest absolute Gasteiger partial charge is 0.334 e. The van der Waals surface area contributed by atoms with Crippen LogP contribution in [0.3, 0.4) is 0 Å². The molecule has 0 spiro atoms. The molecule has 84 valence electrons. The molecule has 0 radical (unpaired) electrons. The van der Waals surface area contributed by atoms with Gasteiger partial charge in [-0.2, -0.15) is 5.10 Å². The highest BCUT2D eigenvalue weighted by molar-refractivity contribution is 9.09. The van der Waals surface area contributed by atoms with Crippen LogP contribution in [-0.2, 0) is 7.05 Å². The summed E-state index contributed by atoms with van der Waals surface area (Å²) < 4.78 is 1.59. The highest BCUT2D eigenvalue weighted by Gasteiger charge is 2.28. The van der Waals surface area contributed by atoms with Crippen LogP contribution in [0.5, 0.6) is 0 Å². The number of nitrogens with zero attached hydrogens (tertiary/aromatic N) is 3. The topological polar surface area (TPSA) is 38.1 Å². The Balaban J connectivity index is 2.92. The van der Waals surface area contributed by atoms with Gasteiger partial charge in [0.15, 0.2) is 0 Å². The van der Waals surface area contributed by atoms with Gasteiger partial charge in [-0.3, -0.25) is 9.48 Å². The van der Waals surface area contributed by atoms with Gasteiger partial charge in [0.1, 0.15) is 5.69 Å². The minimum Gasteiger partial charge on any atom is -0.334 e. The molecule has 0 aliphatic heterocycles. The Morgan fingerprint density at radius 1 is 1.67 bits per heavy atom. The number of rotatable bonds is 3. The normalized spacial score (nSPS) is 11.5. The first-order valence-electron chi connectivity index (χ1n) is 4.72. The Bertz CT molecular complexity index is 359. The van der Waals surface area contributed by atoms with Crippen LogP contribution < -0.4 is 0 Å². The van der Waals surface area contributed by atoms with E-state index in [1.807, 2.05) is 13.8 Å². The van der Waals surface area contributed by atoms with Crippen molar-refractivity contribution >= 4 is 21.8 Å². The predicted molar refractivity (Wildman–Crippen MR) is 63.2 cm³/mol. The summed E-state index contributed by atoms with van der Waals surface area (Å²) in [6, 6.07) is 1.73. The predicted octanol–water partition coefficient (Wildman–Crippen LogP) is 1.67. The van der Waals surface area contributed by atoms with Gasteiger partial charge < -0.3 is 4.90 Å². The van der Waals surface area contributed by atoms with Crippen molar-refractivity contribution < 1.29 is 4.79 Å². The lowest BCUT2D eigenvalue weighted by Gasteiger charge is -2.33. The minimum atomic E-state index is -0.207. The number of aromatic nitrogens is 2. The summed E-state index contributed by atoms with van der Waals surface area (Å²) in [5.74, 6) is -0.0144. The van der Waals surface area contributed by atoms with E-state index in [1.54, 1.807) is 35.9 Å². The quantitative estimate of drug-likeness (QED) is 0.786. The number of carbonyl (C=O) groups is 1. The van der Waals surface area contributed by atoms with Gasteiger partial charge in [0.2, 0.25) is 0 Å². The number of amides is 1. The molecule has 1 aromatic rings. The van der Waals surface area contributed by atoms with E-state index in [9.17, 15) is 4.79 Å². The Morgan fingerprint density at radius 2 is 2.27 bits per heavy atom. The van der Waals surface area contributed by atoms with Crippen LogP contribution >= 0.6 is 15.9 Å². The van der Waals surface area contributed by atoms with Gasteiger partial charge in [0.05, 0.1) is 0 Å². The second kappa shape index (κ2) is 4.35. The summed E-state index contributed by atoms with van der Waals surface area (Å²) >= 11 is 3.41. The number of hydrogen-bond donors (Lipinski definition) is 0. The fraction of sp³-hybridized carbons (Fsp3) is 0.600. The van der Waals surface area contributed by atoms with Gasteiger partial charge in [-0.15, -0.1) is 0 Å². The first kappa shape index (κ1) is 12.2. The third kappa shape index (κ3) is 2.40. The number of alkyl halides is 1. The second-order valence-electron chi connectivity index (χ2n) is 4.15. The number of aryl methyl sites for hydroxylation is 1. The Kier molecular flexibility index (Phi) is 3.54. The third-order valence-corrected chi connectivity index (χ3v) is 3.95. The van der Waals surface area contributed by atoms with Crippen molar-refractivity contribution in [2.24, 2.45) is 7.05 Å². The van der Waals surface area contributed by atoms with Crippen LogP contribution in [0.1, 0.15) is 24.3 Å². The molecule has 4 nitrogen and oxygen atoms in total. The van der Waals surface area contributed by atoms with Crippen molar-refractivity contribution in [2.45, 2.75) is 19.4 Å². The van der Waals surface area contributed by atoms with Gasteiger partial charge in [0.25, 0.3) is 5.91 Å². The maximum absolute atomic E-state index is 12.1. The van der Waals surface area contributed by atoms with E-state index in [0.29, 0.717) is 5.69 Å². The Labute approximate surface area is 98.4 Å². The van der Waals surface area contributed by atoms with Gasteiger partial charge in [-0.25, -0.2) is 0 Å². The fourth-order valence-corrected chi connectivity index (χ4v) is 1.50. The van der Waals surface area contributed by atoms with Crippen LogP contribution in [0.25, 0.3) is 0 Å². The van der Waals surface area contributed by atoms with Crippen molar-refractivity contribution in [1.82, 2.24) is 14.7 Å². The van der Waals surface area contributed by atoms with Gasteiger partial charge >= 0.3 is 0 Å². The summed E-state index contributed by atoms with van der Waals surface area (Å²) in [6.07, 6.45) is 1.63. The van der Waals surface area contributed by atoms with Crippen LogP contribution in [0.4, 0.5) is 0 Å². The van der Waals surface area contributed by atoms with Crippen LogP contribution in [0.2, 0.25) is 0 Å². The van der Waals surface area contributed by atoms with E-state index >= 15 is 0 Å². The molecule has 1 heterocycles. The summed E-state index contributed by atoms with van der Waals surface area (Å²) in [5, 5.41) is 4.72. The Hall–Kier alpha value is -0.840. The maximum Gasteiger partial charge on any atom is 0.272 e. The molecular formula is C10H16BrN3O. The smallest absolute Gasteiger partial charge is 0.272 e. The van der Waals surface area contributed by atoms with E-state index in [4.69, 9.17) is 0 Å². The van der Waals surface area contributed by atoms with Crippen molar-refractivity contribution in [1.29, 1.82) is 0 Å². The van der Waals surface area contributed by atoms with Crippen LogP contribution in [0.15, 0.2) is 12.3 Å². The average Bonchev–Trinajstić information content (AvgIpc) is 2.62. The fourth-order valence-electron chi connectivity index (χ4n) is 1.12. The highest BCUT2D eigenvalue weighted by atomic mass is 79.9. The lowest BCUT2D eigenvalue weighted by atomic mass is 10.1. The van der Waals surface area contributed by atoms with Crippen molar-refractivity contribution in [3.05, 3.63) is 18.0 Å². The zero-order valence-electron chi connectivity index (χ0n) is 9.49. The lowest BCUT2D eigenvalue weighted by molar-refractivity contribution is 0.0652. The second-order valence-corrected chi connectivity index (χ2v) is 4.71. The Morgan fingerprint density at radius 3 is 2.67 bits per heavy atom. The SMILES string of the molecule is CN(C(=O)c1ccnn1C)C(C)(C)CBr. The lowest BCUT2D eigenvalue weighted by Crippen LogP contribution is -2.46. The summed E-state index contributed by atoms with van der Waals surface area (Å²) in [7, 11) is 3.57. The molecule has 0 N–H and O–H groups in total. The molecule has 15 heavy (non-hydrogen) atoms. The minimum absolute atomic E-state index is 0.0144. The highest BCUT2D eigenvalue weighted by Crippen LogP contribution is 2.17. The van der Waals surface area contributed by atoms with E-state index in [2.05, 4.69) is 21.0 Å². The molecule has 0 aromatic carbocycles. The molecule has 1 amide bonds. The van der Waals surface area contributed by atoms with Crippen LogP contribution in [0, 0.1) is 0 Å². The van der Waals surface area contributed by atoms with E-state index in [-0.39, 0.29) is 11.4 Å². The summed E-state index contributed by atoms with van der Waals surface area (Å²) in [6.45, 7) is 4.02. The molecule has 5 heteroatoms. The molecule has 0 unspecified atom stereocenters. The van der Waals surface area contributed by atoms with Crippen LogP contribution in [-0.4, -0.2) is 38.5 Å². The monoisotopic (exact) mass is 273 g/mol. The third-order valence-electron chi connectivity index (χ3n) is 2.58. The molecule has 1 rings (SSSR count). The zero-order chi connectivity index (χ0) is 11.6. The van der Waals surface area contributed by atoms with Gasteiger partial charge in [0, 0.05) is 31.2 Å². The van der Waals surface area contributed by atoms with Gasteiger partial charge in [-0.05, 0) is 19.9 Å². The molecule has 0 bridgehead atoms. The van der Waals surface area contributed by atoms with Crippen molar-refractivity contribution in [2.75, 3.05) is 12.4 Å². The molecule has 0 aliphatic rings. The average molecular weight is 274 g/mol. The van der Waals surface area contributed by atoms with E-state index < -0.39 is 0 Å². The summed E-state index contributed by atoms with van der Waals surface area (Å²) in [4.78, 5) is 13.8. The first-order chi connectivity index (χ1) is 6.90. The molecule has 0 saturated carbocycles. The number of carbonyl (C=O) groups excluding carboxylic acids is 1. The maximum atomic E-state index is 12.1. The van der Waals surface area contributed by atoms with E-state index in [1.165, 1.54) is 0 Å². The standard InChI is InChI=1S/C10H16BrN3O/c1-10(2,7-11)13(3)9(15)8-5-6-12-14(8)4/h5-6H,7H2,1-4H3. The molecule has 0 aliphatic carbocycles. The number of hydrogen-bond acceptors (Lipinski definition) is 2. The zero-order valence-corrected chi connectivity index (χ0v) is 11.1. The van der Waals surface area contributed by atoms with Crippen molar-refractivity contribution in [3.8, 4) is 0 Å². The molecular weight excluding hydrogens is 258 g/mol.